The third-order valence-electron chi connectivity index (χ3n) is 5.50. The molecule has 3 aromatic carbocycles. The number of carbonyl (C=O) groups excluding carboxylic acids is 1. The molecule has 0 radical (unpaired) electrons. The van der Waals surface area contributed by atoms with E-state index < -0.39 is 6.09 Å². The van der Waals surface area contributed by atoms with Gasteiger partial charge in [-0.1, -0.05) is 60.4 Å². The molecule has 0 saturated carbocycles. The summed E-state index contributed by atoms with van der Waals surface area (Å²) in [5.41, 5.74) is 12.5. The number of hydrogen-bond donors (Lipinski definition) is 2. The highest BCUT2D eigenvalue weighted by molar-refractivity contribution is 5.79. The lowest BCUT2D eigenvalue weighted by Crippen LogP contribution is -2.26. The van der Waals surface area contributed by atoms with Crippen molar-refractivity contribution in [2.45, 2.75) is 12.3 Å². The second-order valence-electron chi connectivity index (χ2n) is 7.54. The minimum atomic E-state index is -0.437. The molecule has 0 atom stereocenters. The summed E-state index contributed by atoms with van der Waals surface area (Å²) in [5.74, 6) is 6.15. The molecule has 0 spiro atoms. The summed E-state index contributed by atoms with van der Waals surface area (Å²) in [7, 11) is 0. The second kappa shape index (κ2) is 8.48. The van der Waals surface area contributed by atoms with Crippen molar-refractivity contribution in [2.75, 3.05) is 18.9 Å². The van der Waals surface area contributed by atoms with Crippen LogP contribution in [0.4, 0.5) is 10.8 Å². The molecule has 6 heteroatoms. The van der Waals surface area contributed by atoms with Crippen molar-refractivity contribution in [3.63, 3.8) is 0 Å². The lowest BCUT2D eigenvalue weighted by molar-refractivity contribution is 0.143. The largest absolute Gasteiger partial charge is 0.449 e. The summed E-state index contributed by atoms with van der Waals surface area (Å²) >= 11 is 0. The van der Waals surface area contributed by atoms with Crippen LogP contribution in [0.5, 0.6) is 0 Å². The summed E-state index contributed by atoms with van der Waals surface area (Å²) in [5, 5.41) is 2.77. The molecule has 4 aromatic rings. The number of benzene rings is 3. The normalized spacial score (nSPS) is 12.0. The average molecular weight is 423 g/mol. The van der Waals surface area contributed by atoms with E-state index in [0.29, 0.717) is 30.7 Å². The molecule has 158 valence electrons. The molecule has 3 N–H and O–H groups in total. The Morgan fingerprint density at radius 1 is 1.06 bits per heavy atom. The van der Waals surface area contributed by atoms with E-state index >= 15 is 0 Å². The van der Waals surface area contributed by atoms with Crippen LogP contribution in [0, 0.1) is 11.8 Å². The van der Waals surface area contributed by atoms with Crippen molar-refractivity contribution in [1.29, 1.82) is 0 Å². The van der Waals surface area contributed by atoms with E-state index in [1.54, 1.807) is 6.07 Å². The van der Waals surface area contributed by atoms with Crippen molar-refractivity contribution in [2.24, 2.45) is 0 Å². The fraction of sp³-hybridized carbons (Fsp3) is 0.154. The zero-order chi connectivity index (χ0) is 21.9. The van der Waals surface area contributed by atoms with E-state index in [2.05, 4.69) is 46.4 Å². The third-order valence-corrected chi connectivity index (χ3v) is 5.50. The van der Waals surface area contributed by atoms with Gasteiger partial charge in [-0.25, -0.2) is 4.79 Å². The maximum absolute atomic E-state index is 12.2. The highest BCUT2D eigenvalue weighted by Gasteiger charge is 2.28. The first kappa shape index (κ1) is 19.7. The van der Waals surface area contributed by atoms with Gasteiger partial charge in [0.15, 0.2) is 5.58 Å². The quantitative estimate of drug-likeness (QED) is 0.367. The van der Waals surface area contributed by atoms with Crippen molar-refractivity contribution >= 4 is 23.2 Å². The molecule has 1 heterocycles. The Morgan fingerprint density at radius 3 is 2.53 bits per heavy atom. The van der Waals surface area contributed by atoms with Gasteiger partial charge in [-0.05, 0) is 40.5 Å². The Balaban J connectivity index is 1.13. The molecule has 32 heavy (non-hydrogen) atoms. The molecule has 1 aliphatic rings. The van der Waals surface area contributed by atoms with Crippen LogP contribution in [0.1, 0.15) is 29.0 Å². The van der Waals surface area contributed by atoms with Crippen molar-refractivity contribution in [1.82, 2.24) is 10.3 Å². The van der Waals surface area contributed by atoms with Crippen LogP contribution in [0.2, 0.25) is 0 Å². The van der Waals surface area contributed by atoms with Gasteiger partial charge in [-0.15, -0.1) is 0 Å². The molecule has 0 saturated heterocycles. The summed E-state index contributed by atoms with van der Waals surface area (Å²) < 4.78 is 10.8. The number of nitrogens with zero attached hydrogens (tertiary/aromatic N) is 1. The number of aromatic nitrogens is 1. The lowest BCUT2D eigenvalue weighted by Gasteiger charge is -2.14. The summed E-state index contributed by atoms with van der Waals surface area (Å²) in [6.07, 6.45) is 0.0663. The average Bonchev–Trinajstić information content (AvgIpc) is 3.34. The lowest BCUT2D eigenvalue weighted by atomic mass is 9.98. The number of hydrogen-bond acceptors (Lipinski definition) is 5. The minimum absolute atomic E-state index is 0.0495. The Bertz CT molecular complexity index is 1320. The fourth-order valence-corrected chi connectivity index (χ4v) is 4.06. The number of carbonyl (C=O) groups is 1. The SMILES string of the molecule is Nc1nc2cc(C#CCCNC(=O)OCC3c4ccccc4-c4ccccc43)ccc2o1. The van der Waals surface area contributed by atoms with Crippen LogP contribution in [0.25, 0.3) is 22.2 Å². The van der Waals surface area contributed by atoms with E-state index in [0.717, 1.165) is 5.56 Å². The van der Waals surface area contributed by atoms with Gasteiger partial charge >= 0.3 is 6.09 Å². The number of fused-ring (bicyclic) bond motifs is 4. The molecule has 1 aromatic heterocycles. The number of nitrogens with one attached hydrogen (secondary N) is 1. The van der Waals surface area contributed by atoms with Gasteiger partial charge in [-0.2, -0.15) is 4.98 Å². The van der Waals surface area contributed by atoms with Gasteiger partial charge in [0.1, 0.15) is 12.1 Å². The number of alkyl carbamates (subject to hydrolysis) is 1. The number of anilines is 1. The Morgan fingerprint density at radius 2 is 1.78 bits per heavy atom. The number of amides is 1. The van der Waals surface area contributed by atoms with Crippen molar-refractivity contribution in [3.05, 3.63) is 83.4 Å². The van der Waals surface area contributed by atoms with Crippen molar-refractivity contribution in [3.8, 4) is 23.0 Å². The molecule has 1 aliphatic carbocycles. The van der Waals surface area contributed by atoms with E-state index in [1.165, 1.54) is 22.3 Å². The van der Waals surface area contributed by atoms with Crippen LogP contribution in [-0.4, -0.2) is 24.2 Å². The van der Waals surface area contributed by atoms with Crippen LogP contribution in [0.3, 0.4) is 0 Å². The number of nitrogens with two attached hydrogens (primary N) is 1. The molecular weight excluding hydrogens is 402 g/mol. The molecular formula is C26H21N3O3. The van der Waals surface area contributed by atoms with Gasteiger partial charge in [0, 0.05) is 24.4 Å². The summed E-state index contributed by atoms with van der Waals surface area (Å²) in [6.45, 7) is 0.704. The zero-order valence-corrected chi connectivity index (χ0v) is 17.3. The Labute approximate surface area is 185 Å². The van der Waals surface area contributed by atoms with Crippen LogP contribution in [0.15, 0.2) is 71.1 Å². The van der Waals surface area contributed by atoms with Gasteiger partial charge in [0.2, 0.25) is 0 Å². The molecule has 5 rings (SSSR count). The third kappa shape index (κ3) is 3.88. The molecule has 6 nitrogen and oxygen atoms in total. The number of rotatable bonds is 4. The van der Waals surface area contributed by atoms with Gasteiger partial charge in [0.25, 0.3) is 6.01 Å². The topological polar surface area (TPSA) is 90.4 Å². The molecule has 0 bridgehead atoms. The highest BCUT2D eigenvalue weighted by Crippen LogP contribution is 2.44. The standard InChI is InChI=1S/C26H21N3O3/c27-25-29-23-15-17(12-13-24(23)32-25)7-5-6-14-28-26(30)31-16-22-20-10-3-1-8-18(20)19-9-2-4-11-21(19)22/h1-4,8-13,15,22H,6,14,16H2,(H2,27,29)(H,28,30). The Hall–Kier alpha value is -4.24. The molecule has 0 aliphatic heterocycles. The van der Waals surface area contributed by atoms with E-state index in [-0.39, 0.29) is 11.9 Å². The summed E-state index contributed by atoms with van der Waals surface area (Å²) in [6, 6.07) is 22.1. The van der Waals surface area contributed by atoms with Crippen LogP contribution >= 0.6 is 0 Å². The van der Waals surface area contributed by atoms with Gasteiger partial charge in [-0.3, -0.25) is 0 Å². The zero-order valence-electron chi connectivity index (χ0n) is 17.3. The predicted octanol–water partition coefficient (Wildman–Crippen LogP) is 4.69. The number of nitrogen functional groups attached to an aromatic ring is 1. The smallest absolute Gasteiger partial charge is 0.407 e. The second-order valence-corrected chi connectivity index (χ2v) is 7.54. The number of ether oxygens (including phenoxy) is 1. The van der Waals surface area contributed by atoms with Crippen molar-refractivity contribution < 1.29 is 13.9 Å². The van der Waals surface area contributed by atoms with Crippen LogP contribution < -0.4 is 11.1 Å². The first-order valence-corrected chi connectivity index (χ1v) is 10.4. The van der Waals surface area contributed by atoms with E-state index in [4.69, 9.17) is 14.9 Å². The Kier molecular flexibility index (Phi) is 5.22. The molecule has 1 amide bonds. The maximum atomic E-state index is 12.2. The summed E-state index contributed by atoms with van der Waals surface area (Å²) in [4.78, 5) is 16.3. The highest BCUT2D eigenvalue weighted by atomic mass is 16.5. The maximum Gasteiger partial charge on any atom is 0.407 e. The van der Waals surface area contributed by atoms with Gasteiger partial charge < -0.3 is 20.2 Å². The minimum Gasteiger partial charge on any atom is -0.449 e. The van der Waals surface area contributed by atoms with Crippen LogP contribution in [-0.2, 0) is 4.74 Å². The first-order valence-electron chi connectivity index (χ1n) is 10.4. The molecule has 0 unspecified atom stereocenters. The van der Waals surface area contributed by atoms with E-state index in [1.807, 2.05) is 36.4 Å². The predicted molar refractivity (Wildman–Crippen MR) is 123 cm³/mol. The molecule has 0 fully saturated rings. The fourth-order valence-electron chi connectivity index (χ4n) is 4.06. The monoisotopic (exact) mass is 423 g/mol. The van der Waals surface area contributed by atoms with Gasteiger partial charge in [0.05, 0.1) is 0 Å². The van der Waals surface area contributed by atoms with E-state index in [9.17, 15) is 4.79 Å². The first-order chi connectivity index (χ1) is 15.7. The number of oxazole rings is 1.